The zero-order valence-electron chi connectivity index (χ0n) is 7.54. The van der Waals surface area contributed by atoms with Gasteiger partial charge in [0, 0.05) is 19.0 Å². The van der Waals surface area contributed by atoms with Crippen LogP contribution in [-0.4, -0.2) is 28.9 Å². The van der Waals surface area contributed by atoms with Gasteiger partial charge in [-0.3, -0.25) is 0 Å². The number of hydrogen-bond donors (Lipinski definition) is 0. The van der Waals surface area contributed by atoms with Gasteiger partial charge in [0.15, 0.2) is 5.82 Å². The SMILES string of the molecule is CC(Cl)CN(C)c1ncncc1Cl. The topological polar surface area (TPSA) is 29.0 Å². The number of aromatic nitrogens is 2. The highest BCUT2D eigenvalue weighted by molar-refractivity contribution is 6.32. The van der Waals surface area contributed by atoms with Crippen molar-refractivity contribution < 1.29 is 0 Å². The quantitative estimate of drug-likeness (QED) is 0.731. The normalized spacial score (nSPS) is 12.6. The summed E-state index contributed by atoms with van der Waals surface area (Å²) in [6.07, 6.45) is 3.04. The van der Waals surface area contributed by atoms with Gasteiger partial charge in [0.1, 0.15) is 11.3 Å². The van der Waals surface area contributed by atoms with E-state index in [1.807, 2.05) is 18.9 Å². The Morgan fingerprint density at radius 2 is 2.31 bits per heavy atom. The van der Waals surface area contributed by atoms with E-state index < -0.39 is 0 Å². The van der Waals surface area contributed by atoms with E-state index >= 15 is 0 Å². The number of nitrogens with zero attached hydrogens (tertiary/aromatic N) is 3. The Bertz CT molecular complexity index is 278. The molecule has 0 amide bonds. The van der Waals surface area contributed by atoms with Crippen LogP contribution in [0, 0.1) is 0 Å². The fraction of sp³-hybridized carbons (Fsp3) is 0.500. The smallest absolute Gasteiger partial charge is 0.150 e. The third-order valence-electron chi connectivity index (χ3n) is 1.54. The van der Waals surface area contributed by atoms with Crippen molar-refractivity contribution in [1.82, 2.24) is 9.97 Å². The molecule has 1 unspecified atom stereocenters. The lowest BCUT2D eigenvalue weighted by Gasteiger charge is -2.19. The van der Waals surface area contributed by atoms with Crippen molar-refractivity contribution in [2.45, 2.75) is 12.3 Å². The van der Waals surface area contributed by atoms with Gasteiger partial charge in [0.05, 0.1) is 6.20 Å². The largest absolute Gasteiger partial charge is 0.357 e. The van der Waals surface area contributed by atoms with Crippen molar-refractivity contribution >= 4 is 29.0 Å². The molecule has 1 rings (SSSR count). The van der Waals surface area contributed by atoms with Crippen LogP contribution in [0.4, 0.5) is 5.82 Å². The molecule has 0 aliphatic rings. The van der Waals surface area contributed by atoms with Crippen molar-refractivity contribution in [3.8, 4) is 0 Å². The van der Waals surface area contributed by atoms with Crippen LogP contribution in [0.25, 0.3) is 0 Å². The van der Waals surface area contributed by atoms with Crippen LogP contribution in [0.15, 0.2) is 12.5 Å². The van der Waals surface area contributed by atoms with Gasteiger partial charge in [-0.1, -0.05) is 11.6 Å². The summed E-state index contributed by atoms with van der Waals surface area (Å²) in [6.45, 7) is 2.63. The Kier molecular flexibility index (Phi) is 3.75. The molecule has 0 spiro atoms. The summed E-state index contributed by atoms with van der Waals surface area (Å²) < 4.78 is 0. The van der Waals surface area contributed by atoms with E-state index in [9.17, 15) is 0 Å². The average Bonchev–Trinajstić information content (AvgIpc) is 2.03. The number of halogens is 2. The fourth-order valence-electron chi connectivity index (χ4n) is 1.05. The predicted molar refractivity (Wildman–Crippen MR) is 55.6 cm³/mol. The molecule has 0 aliphatic heterocycles. The Morgan fingerprint density at radius 1 is 1.62 bits per heavy atom. The Balaban J connectivity index is 2.76. The van der Waals surface area contributed by atoms with Crippen LogP contribution in [-0.2, 0) is 0 Å². The maximum absolute atomic E-state index is 5.89. The number of anilines is 1. The van der Waals surface area contributed by atoms with Gasteiger partial charge in [-0.25, -0.2) is 9.97 Å². The molecule has 0 aromatic carbocycles. The zero-order valence-corrected chi connectivity index (χ0v) is 9.05. The molecule has 1 heterocycles. The second kappa shape index (κ2) is 4.63. The highest BCUT2D eigenvalue weighted by atomic mass is 35.5. The summed E-state index contributed by atoms with van der Waals surface area (Å²) in [4.78, 5) is 9.76. The molecular formula is C8H11Cl2N3. The second-order valence-corrected chi connectivity index (χ2v) is 4.01. The molecule has 0 fully saturated rings. The molecule has 0 bridgehead atoms. The summed E-state index contributed by atoms with van der Waals surface area (Å²) in [5, 5.41) is 0.610. The first-order valence-corrected chi connectivity index (χ1v) is 4.73. The molecule has 0 radical (unpaired) electrons. The van der Waals surface area contributed by atoms with Crippen LogP contribution in [0.1, 0.15) is 6.92 Å². The molecular weight excluding hydrogens is 209 g/mol. The van der Waals surface area contributed by atoms with Gasteiger partial charge < -0.3 is 4.90 Å². The minimum Gasteiger partial charge on any atom is -0.357 e. The summed E-state index contributed by atoms with van der Waals surface area (Å²) in [5.41, 5.74) is 0. The van der Waals surface area contributed by atoms with E-state index in [4.69, 9.17) is 23.2 Å². The molecule has 1 atom stereocenters. The van der Waals surface area contributed by atoms with Gasteiger partial charge in [0.2, 0.25) is 0 Å². The van der Waals surface area contributed by atoms with Crippen LogP contribution < -0.4 is 4.90 Å². The molecule has 0 saturated heterocycles. The van der Waals surface area contributed by atoms with Crippen LogP contribution in [0.5, 0.6) is 0 Å². The first kappa shape index (κ1) is 10.5. The van der Waals surface area contributed by atoms with Gasteiger partial charge >= 0.3 is 0 Å². The molecule has 0 aliphatic carbocycles. The summed E-state index contributed by atoms with van der Waals surface area (Å²) in [7, 11) is 1.90. The van der Waals surface area contributed by atoms with E-state index in [1.165, 1.54) is 6.33 Å². The molecule has 0 N–H and O–H groups in total. The predicted octanol–water partition coefficient (Wildman–Crippen LogP) is 2.19. The molecule has 13 heavy (non-hydrogen) atoms. The van der Waals surface area contributed by atoms with Crippen LogP contribution >= 0.6 is 23.2 Å². The van der Waals surface area contributed by atoms with Gasteiger partial charge in [-0.2, -0.15) is 0 Å². The monoisotopic (exact) mass is 219 g/mol. The minimum absolute atomic E-state index is 0.0658. The van der Waals surface area contributed by atoms with Gasteiger partial charge in [0.25, 0.3) is 0 Å². The highest BCUT2D eigenvalue weighted by Gasteiger charge is 2.09. The third kappa shape index (κ3) is 3.01. The van der Waals surface area contributed by atoms with Crippen molar-refractivity contribution in [3.63, 3.8) is 0 Å². The molecule has 3 nitrogen and oxygen atoms in total. The van der Waals surface area contributed by atoms with E-state index in [0.29, 0.717) is 17.4 Å². The molecule has 1 aromatic rings. The van der Waals surface area contributed by atoms with Gasteiger partial charge in [-0.15, -0.1) is 11.6 Å². The van der Waals surface area contributed by atoms with E-state index in [-0.39, 0.29) is 5.38 Å². The summed E-state index contributed by atoms with van der Waals surface area (Å²) in [5.74, 6) is 0.712. The van der Waals surface area contributed by atoms with Crippen molar-refractivity contribution in [3.05, 3.63) is 17.5 Å². The molecule has 5 heteroatoms. The first-order valence-electron chi connectivity index (χ1n) is 3.92. The third-order valence-corrected chi connectivity index (χ3v) is 1.94. The van der Waals surface area contributed by atoms with E-state index in [2.05, 4.69) is 9.97 Å². The van der Waals surface area contributed by atoms with Crippen molar-refractivity contribution in [2.75, 3.05) is 18.5 Å². The Labute approximate surface area is 87.7 Å². The summed E-state index contributed by atoms with van der Waals surface area (Å²) >= 11 is 11.7. The fourth-order valence-corrected chi connectivity index (χ4v) is 1.51. The number of rotatable bonds is 3. The molecule has 72 valence electrons. The lowest BCUT2D eigenvalue weighted by Crippen LogP contribution is -2.25. The number of alkyl halides is 1. The second-order valence-electron chi connectivity index (χ2n) is 2.86. The maximum Gasteiger partial charge on any atom is 0.150 e. The van der Waals surface area contributed by atoms with E-state index in [1.54, 1.807) is 6.20 Å². The Morgan fingerprint density at radius 3 is 2.85 bits per heavy atom. The number of hydrogen-bond acceptors (Lipinski definition) is 3. The lowest BCUT2D eigenvalue weighted by atomic mass is 10.4. The molecule has 1 aromatic heterocycles. The van der Waals surface area contributed by atoms with Crippen LogP contribution in [0.2, 0.25) is 5.02 Å². The average molecular weight is 220 g/mol. The lowest BCUT2D eigenvalue weighted by molar-refractivity contribution is 0.841. The summed E-state index contributed by atoms with van der Waals surface area (Å²) in [6, 6.07) is 0. The standard InChI is InChI=1S/C8H11Cl2N3/c1-6(9)4-13(2)8-7(10)3-11-5-12-8/h3,5-6H,4H2,1-2H3. The minimum atomic E-state index is 0.0658. The first-order chi connectivity index (χ1) is 6.11. The van der Waals surface area contributed by atoms with Crippen molar-refractivity contribution in [1.29, 1.82) is 0 Å². The van der Waals surface area contributed by atoms with Crippen molar-refractivity contribution in [2.24, 2.45) is 0 Å². The Hall–Kier alpha value is -0.540. The molecule has 0 saturated carbocycles. The van der Waals surface area contributed by atoms with Crippen LogP contribution in [0.3, 0.4) is 0 Å². The maximum atomic E-state index is 5.89. The van der Waals surface area contributed by atoms with E-state index in [0.717, 1.165) is 0 Å². The zero-order chi connectivity index (χ0) is 9.84. The highest BCUT2D eigenvalue weighted by Crippen LogP contribution is 2.20. The van der Waals surface area contributed by atoms with Gasteiger partial charge in [-0.05, 0) is 6.92 Å².